The van der Waals surface area contributed by atoms with Gasteiger partial charge >= 0.3 is 0 Å². The van der Waals surface area contributed by atoms with E-state index in [0.29, 0.717) is 24.2 Å². The van der Waals surface area contributed by atoms with Gasteiger partial charge in [-0.2, -0.15) is 0 Å². The number of nitrogens with one attached hydrogen (secondary N) is 1. The van der Waals surface area contributed by atoms with Crippen molar-refractivity contribution in [2.24, 2.45) is 0 Å². The molecule has 3 heterocycles. The van der Waals surface area contributed by atoms with E-state index in [1.54, 1.807) is 29.5 Å². The maximum absolute atomic E-state index is 14.6. The van der Waals surface area contributed by atoms with Crippen LogP contribution in [0.2, 0.25) is 0 Å². The Kier molecular flexibility index (Phi) is 4.47. The van der Waals surface area contributed by atoms with Crippen LogP contribution in [0.5, 0.6) is 0 Å². The van der Waals surface area contributed by atoms with E-state index in [-0.39, 0.29) is 24.9 Å². The number of hydrogen-bond acceptors (Lipinski definition) is 6. The molecule has 1 N–H and O–H groups in total. The molecular weight excluding hydrogens is 518 g/mol. The summed E-state index contributed by atoms with van der Waals surface area (Å²) in [7, 11) is -3.96. The molecule has 27 heavy (non-hydrogen) atoms. The van der Waals surface area contributed by atoms with E-state index in [9.17, 15) is 21.6 Å². The van der Waals surface area contributed by atoms with Gasteiger partial charge in [-0.3, -0.25) is 4.40 Å². The molecule has 0 saturated heterocycles. The minimum absolute atomic E-state index is 0.0379. The third-order valence-electron chi connectivity index (χ3n) is 4.13. The van der Waals surface area contributed by atoms with E-state index >= 15 is 0 Å². The van der Waals surface area contributed by atoms with Crippen molar-refractivity contribution in [3.63, 3.8) is 0 Å². The Morgan fingerprint density at radius 3 is 2.67 bits per heavy atom. The van der Waals surface area contributed by atoms with Crippen LogP contribution in [0.25, 0.3) is 16.3 Å². The molecule has 0 spiro atoms. The standard InChI is InChI=1S/C14H11F3IN5O2S2/c1-14(2-3-14)22-27(24,25)6-4-7(15)8-10(18)19-11(23(8)5-6)13-21-20-12(26-13)9(16)17/h4-5,9,22H,2-3H2,1H3. The molecule has 3 aromatic heterocycles. The topological polar surface area (TPSA) is 89.2 Å². The SMILES string of the molecule is CC1(NS(=O)(=O)c2cc(F)c3c(I)nc(-c4nnc(C(F)F)s4)n3c2)CC1. The van der Waals surface area contributed by atoms with Gasteiger partial charge in [-0.1, -0.05) is 11.3 Å². The van der Waals surface area contributed by atoms with Crippen LogP contribution in [0.3, 0.4) is 0 Å². The number of hydrogen-bond donors (Lipinski definition) is 1. The van der Waals surface area contributed by atoms with Crippen molar-refractivity contribution in [2.75, 3.05) is 0 Å². The monoisotopic (exact) mass is 529 g/mol. The summed E-state index contributed by atoms with van der Waals surface area (Å²) in [6.07, 6.45) is -0.184. The Morgan fingerprint density at radius 2 is 2.07 bits per heavy atom. The predicted octanol–water partition coefficient (Wildman–Crippen LogP) is 3.36. The molecule has 1 aliphatic carbocycles. The summed E-state index contributed by atoms with van der Waals surface area (Å²) in [6.45, 7) is 1.76. The number of halogens is 4. The van der Waals surface area contributed by atoms with Gasteiger partial charge in [0, 0.05) is 11.7 Å². The van der Waals surface area contributed by atoms with Gasteiger partial charge in [-0.05, 0) is 48.4 Å². The quantitative estimate of drug-likeness (QED) is 0.513. The molecule has 0 aliphatic heterocycles. The van der Waals surface area contributed by atoms with Crippen molar-refractivity contribution in [1.29, 1.82) is 0 Å². The summed E-state index contributed by atoms with van der Waals surface area (Å²) in [5.41, 5.74) is -0.488. The molecule has 0 radical (unpaired) electrons. The lowest BCUT2D eigenvalue weighted by Crippen LogP contribution is -2.34. The van der Waals surface area contributed by atoms with Crippen molar-refractivity contribution < 1.29 is 21.6 Å². The molecule has 7 nitrogen and oxygen atoms in total. The number of aromatic nitrogens is 4. The normalized spacial score (nSPS) is 16.4. The number of imidazole rings is 1. The number of sulfonamides is 1. The van der Waals surface area contributed by atoms with E-state index in [2.05, 4.69) is 19.9 Å². The lowest BCUT2D eigenvalue weighted by molar-refractivity contribution is 0.150. The van der Waals surface area contributed by atoms with Crippen LogP contribution < -0.4 is 4.72 Å². The number of nitrogens with zero attached hydrogens (tertiary/aromatic N) is 4. The Labute approximate surface area is 169 Å². The van der Waals surface area contributed by atoms with Crippen molar-refractivity contribution in [3.05, 3.63) is 26.8 Å². The van der Waals surface area contributed by atoms with Crippen LogP contribution in [0.4, 0.5) is 13.2 Å². The molecule has 0 atom stereocenters. The first-order valence-corrected chi connectivity index (χ1v) is 11.0. The molecule has 0 aromatic carbocycles. The Morgan fingerprint density at radius 1 is 1.37 bits per heavy atom. The first-order valence-electron chi connectivity index (χ1n) is 7.63. The van der Waals surface area contributed by atoms with Crippen molar-refractivity contribution in [1.82, 2.24) is 24.3 Å². The second-order valence-corrected chi connectivity index (χ2v) is 10.1. The van der Waals surface area contributed by atoms with Crippen LogP contribution in [0.15, 0.2) is 17.2 Å². The lowest BCUT2D eigenvalue weighted by Gasteiger charge is -2.13. The average molecular weight is 529 g/mol. The molecule has 1 saturated carbocycles. The highest BCUT2D eigenvalue weighted by molar-refractivity contribution is 14.1. The molecule has 0 amide bonds. The lowest BCUT2D eigenvalue weighted by atomic mass is 10.4. The first-order chi connectivity index (χ1) is 12.6. The molecule has 1 fully saturated rings. The van der Waals surface area contributed by atoms with E-state index in [4.69, 9.17) is 0 Å². The Bertz CT molecular complexity index is 1160. The molecule has 0 bridgehead atoms. The molecule has 13 heteroatoms. The number of rotatable bonds is 5. The van der Waals surface area contributed by atoms with E-state index < -0.39 is 32.8 Å². The highest BCUT2D eigenvalue weighted by Crippen LogP contribution is 2.36. The van der Waals surface area contributed by atoms with Gasteiger partial charge in [-0.25, -0.2) is 31.3 Å². The smallest absolute Gasteiger partial charge is 0.291 e. The fraction of sp³-hybridized carbons (Fsp3) is 0.357. The van der Waals surface area contributed by atoms with Gasteiger partial charge in [0.15, 0.2) is 21.7 Å². The fourth-order valence-corrected chi connectivity index (χ4v) is 5.39. The number of pyridine rings is 1. The molecular formula is C14H11F3IN5O2S2. The number of fused-ring (bicyclic) bond motifs is 1. The maximum atomic E-state index is 14.6. The minimum atomic E-state index is -3.96. The molecule has 144 valence electrons. The fourth-order valence-electron chi connectivity index (χ4n) is 2.49. The summed E-state index contributed by atoms with van der Waals surface area (Å²) in [4.78, 5) is 3.88. The third-order valence-corrected chi connectivity index (χ3v) is 7.41. The Balaban J connectivity index is 1.87. The minimum Gasteiger partial charge on any atom is -0.293 e. The van der Waals surface area contributed by atoms with E-state index in [1.165, 1.54) is 10.6 Å². The highest BCUT2D eigenvalue weighted by atomic mass is 127. The summed E-state index contributed by atoms with van der Waals surface area (Å²) in [5.74, 6) is -0.743. The zero-order valence-electron chi connectivity index (χ0n) is 13.6. The maximum Gasteiger partial charge on any atom is 0.291 e. The van der Waals surface area contributed by atoms with E-state index in [0.717, 1.165) is 6.07 Å². The zero-order valence-corrected chi connectivity index (χ0v) is 17.4. The second-order valence-electron chi connectivity index (χ2n) is 6.38. The predicted molar refractivity (Wildman–Crippen MR) is 99.7 cm³/mol. The summed E-state index contributed by atoms with van der Waals surface area (Å²) in [5, 5.41) is 6.62. The van der Waals surface area contributed by atoms with Gasteiger partial charge < -0.3 is 0 Å². The van der Waals surface area contributed by atoms with Crippen molar-refractivity contribution in [2.45, 2.75) is 36.6 Å². The summed E-state index contributed by atoms with van der Waals surface area (Å²) >= 11 is 2.40. The van der Waals surface area contributed by atoms with Crippen LogP contribution in [0.1, 0.15) is 31.2 Å². The Hall–Kier alpha value is -1.32. The van der Waals surface area contributed by atoms with Crippen LogP contribution in [-0.2, 0) is 10.0 Å². The van der Waals surface area contributed by atoms with Gasteiger partial charge in [0.2, 0.25) is 10.0 Å². The van der Waals surface area contributed by atoms with Crippen molar-refractivity contribution >= 4 is 49.5 Å². The van der Waals surface area contributed by atoms with Gasteiger partial charge in [0.05, 0.1) is 0 Å². The van der Waals surface area contributed by atoms with Crippen molar-refractivity contribution in [3.8, 4) is 10.8 Å². The summed E-state index contributed by atoms with van der Waals surface area (Å²) < 4.78 is 69.4. The van der Waals surface area contributed by atoms with Gasteiger partial charge in [0.1, 0.15) is 14.1 Å². The average Bonchev–Trinajstić information content (AvgIpc) is 2.99. The summed E-state index contributed by atoms with van der Waals surface area (Å²) in [6, 6.07) is 0.918. The molecule has 0 unspecified atom stereocenters. The largest absolute Gasteiger partial charge is 0.293 e. The van der Waals surface area contributed by atoms with Crippen LogP contribution in [-0.4, -0.2) is 33.5 Å². The van der Waals surface area contributed by atoms with Gasteiger partial charge in [0.25, 0.3) is 6.43 Å². The highest BCUT2D eigenvalue weighted by Gasteiger charge is 2.41. The molecule has 3 aromatic rings. The van der Waals surface area contributed by atoms with E-state index in [1.807, 2.05) is 0 Å². The van der Waals surface area contributed by atoms with Crippen LogP contribution in [0, 0.1) is 9.52 Å². The van der Waals surface area contributed by atoms with Crippen LogP contribution >= 0.6 is 33.9 Å². The first kappa shape index (κ1) is 19.0. The molecule has 4 rings (SSSR count). The van der Waals surface area contributed by atoms with Gasteiger partial charge in [-0.15, -0.1) is 10.2 Å². The number of alkyl halides is 2. The molecule has 1 aliphatic rings. The third kappa shape index (κ3) is 3.45. The second kappa shape index (κ2) is 6.35. The zero-order chi connectivity index (χ0) is 19.6.